The molecule has 2 unspecified atom stereocenters. The maximum Gasteiger partial charge on any atom is 0.407 e. The zero-order chi connectivity index (χ0) is 12.7. The van der Waals surface area contributed by atoms with Gasteiger partial charge in [0.25, 0.3) is 0 Å². The number of aliphatic hydroxyl groups excluding tert-OH is 2. The SMILES string of the molecule is CC(O)C(O)CNC(=O)OCc1ccccc1. The summed E-state index contributed by atoms with van der Waals surface area (Å²) in [5.41, 5.74) is 0.888. The van der Waals surface area contributed by atoms with Gasteiger partial charge in [-0.1, -0.05) is 30.3 Å². The van der Waals surface area contributed by atoms with Crippen LogP contribution in [0.25, 0.3) is 0 Å². The van der Waals surface area contributed by atoms with Crippen molar-refractivity contribution in [2.24, 2.45) is 0 Å². The maximum atomic E-state index is 11.2. The lowest BCUT2D eigenvalue weighted by Gasteiger charge is -2.14. The van der Waals surface area contributed by atoms with E-state index >= 15 is 0 Å². The third-order valence-electron chi connectivity index (χ3n) is 2.23. The molecule has 0 aromatic heterocycles. The number of nitrogens with one attached hydrogen (secondary N) is 1. The monoisotopic (exact) mass is 239 g/mol. The predicted octanol–water partition coefficient (Wildman–Crippen LogP) is 0.654. The Kier molecular flexibility index (Phi) is 5.45. The van der Waals surface area contributed by atoms with Crippen molar-refractivity contribution in [3.05, 3.63) is 35.9 Å². The molecule has 0 aliphatic rings. The molecule has 94 valence electrons. The van der Waals surface area contributed by atoms with E-state index in [0.717, 1.165) is 5.56 Å². The van der Waals surface area contributed by atoms with Gasteiger partial charge < -0.3 is 20.3 Å². The number of hydrogen-bond acceptors (Lipinski definition) is 4. The number of ether oxygens (including phenoxy) is 1. The normalized spacial score (nSPS) is 13.8. The van der Waals surface area contributed by atoms with Crippen molar-refractivity contribution in [1.82, 2.24) is 5.32 Å². The van der Waals surface area contributed by atoms with Crippen LogP contribution in [-0.4, -0.2) is 35.1 Å². The van der Waals surface area contributed by atoms with Gasteiger partial charge in [0.1, 0.15) is 6.61 Å². The summed E-state index contributed by atoms with van der Waals surface area (Å²) < 4.78 is 4.92. The van der Waals surface area contributed by atoms with Crippen LogP contribution in [-0.2, 0) is 11.3 Å². The summed E-state index contributed by atoms with van der Waals surface area (Å²) in [4.78, 5) is 11.2. The molecule has 0 saturated heterocycles. The largest absolute Gasteiger partial charge is 0.445 e. The van der Waals surface area contributed by atoms with Crippen LogP contribution >= 0.6 is 0 Å². The second-order valence-corrected chi connectivity index (χ2v) is 3.75. The zero-order valence-electron chi connectivity index (χ0n) is 9.67. The van der Waals surface area contributed by atoms with Crippen molar-refractivity contribution in [1.29, 1.82) is 0 Å². The first-order chi connectivity index (χ1) is 8.09. The van der Waals surface area contributed by atoms with E-state index in [0.29, 0.717) is 0 Å². The highest BCUT2D eigenvalue weighted by molar-refractivity contribution is 5.67. The quantitative estimate of drug-likeness (QED) is 0.705. The van der Waals surface area contributed by atoms with Gasteiger partial charge in [-0.2, -0.15) is 0 Å². The van der Waals surface area contributed by atoms with Gasteiger partial charge >= 0.3 is 6.09 Å². The highest BCUT2D eigenvalue weighted by Gasteiger charge is 2.12. The van der Waals surface area contributed by atoms with Crippen LogP contribution in [0.15, 0.2) is 30.3 Å². The average molecular weight is 239 g/mol. The van der Waals surface area contributed by atoms with Crippen molar-refractivity contribution in [2.45, 2.75) is 25.7 Å². The summed E-state index contributed by atoms with van der Waals surface area (Å²) in [5.74, 6) is 0. The summed E-state index contributed by atoms with van der Waals surface area (Å²) in [6.45, 7) is 1.59. The van der Waals surface area contributed by atoms with Gasteiger partial charge in [0.15, 0.2) is 0 Å². The lowest BCUT2D eigenvalue weighted by molar-refractivity contribution is 0.0308. The molecule has 2 atom stereocenters. The molecule has 5 nitrogen and oxygen atoms in total. The fourth-order valence-corrected chi connectivity index (χ4v) is 1.13. The maximum absolute atomic E-state index is 11.2. The van der Waals surface area contributed by atoms with Gasteiger partial charge in [0.2, 0.25) is 0 Å². The van der Waals surface area contributed by atoms with E-state index in [2.05, 4.69) is 5.32 Å². The Bertz CT molecular complexity index is 340. The molecule has 0 spiro atoms. The molecule has 0 heterocycles. The zero-order valence-corrected chi connectivity index (χ0v) is 9.67. The van der Waals surface area contributed by atoms with Gasteiger partial charge in [-0.15, -0.1) is 0 Å². The molecule has 0 fully saturated rings. The van der Waals surface area contributed by atoms with Gasteiger partial charge in [-0.05, 0) is 12.5 Å². The molecule has 0 bridgehead atoms. The number of benzene rings is 1. The third-order valence-corrected chi connectivity index (χ3v) is 2.23. The Morgan fingerprint density at radius 1 is 1.35 bits per heavy atom. The average Bonchev–Trinajstić information content (AvgIpc) is 2.34. The minimum atomic E-state index is -0.987. The van der Waals surface area contributed by atoms with E-state index in [1.54, 1.807) is 0 Å². The van der Waals surface area contributed by atoms with Crippen molar-refractivity contribution < 1.29 is 19.7 Å². The first-order valence-electron chi connectivity index (χ1n) is 5.40. The number of alkyl carbamates (subject to hydrolysis) is 1. The van der Waals surface area contributed by atoms with Gasteiger partial charge in [0, 0.05) is 6.54 Å². The van der Waals surface area contributed by atoms with Crippen molar-refractivity contribution in [3.8, 4) is 0 Å². The lowest BCUT2D eigenvalue weighted by atomic mass is 10.2. The second kappa shape index (κ2) is 6.88. The number of hydrogen-bond donors (Lipinski definition) is 3. The summed E-state index contributed by atoms with van der Waals surface area (Å²) in [6, 6.07) is 9.28. The number of rotatable bonds is 5. The molecule has 1 aromatic carbocycles. The topological polar surface area (TPSA) is 78.8 Å². The van der Waals surface area contributed by atoms with Crippen molar-refractivity contribution in [2.75, 3.05) is 6.54 Å². The van der Waals surface area contributed by atoms with E-state index in [1.807, 2.05) is 30.3 Å². The van der Waals surface area contributed by atoms with E-state index in [-0.39, 0.29) is 13.2 Å². The van der Waals surface area contributed by atoms with E-state index in [1.165, 1.54) is 6.92 Å². The summed E-state index contributed by atoms with van der Waals surface area (Å²) in [5, 5.41) is 20.6. The van der Waals surface area contributed by atoms with Crippen molar-refractivity contribution in [3.63, 3.8) is 0 Å². The molecule has 1 aromatic rings. The number of carbonyl (C=O) groups is 1. The number of amides is 1. The van der Waals surface area contributed by atoms with E-state index in [4.69, 9.17) is 9.84 Å². The molecule has 3 N–H and O–H groups in total. The summed E-state index contributed by atoms with van der Waals surface area (Å²) in [7, 11) is 0. The number of aliphatic hydroxyl groups is 2. The standard InChI is InChI=1S/C12H17NO4/c1-9(14)11(15)7-13-12(16)17-8-10-5-3-2-4-6-10/h2-6,9,11,14-15H,7-8H2,1H3,(H,13,16). The lowest BCUT2D eigenvalue weighted by Crippen LogP contribution is -2.37. The number of carbonyl (C=O) groups excluding carboxylic acids is 1. The molecule has 17 heavy (non-hydrogen) atoms. The van der Waals surface area contributed by atoms with Crippen LogP contribution in [0.2, 0.25) is 0 Å². The Hall–Kier alpha value is -1.59. The molecule has 0 saturated carbocycles. The first-order valence-corrected chi connectivity index (χ1v) is 5.40. The fraction of sp³-hybridized carbons (Fsp3) is 0.417. The van der Waals surface area contributed by atoms with Crippen LogP contribution in [0.4, 0.5) is 4.79 Å². The fourth-order valence-electron chi connectivity index (χ4n) is 1.13. The molecule has 5 heteroatoms. The van der Waals surface area contributed by atoms with E-state index < -0.39 is 18.3 Å². The molecular formula is C12H17NO4. The molecule has 1 rings (SSSR count). The second-order valence-electron chi connectivity index (χ2n) is 3.75. The van der Waals surface area contributed by atoms with Gasteiger partial charge in [-0.25, -0.2) is 4.79 Å². The predicted molar refractivity (Wildman–Crippen MR) is 62.3 cm³/mol. The Labute approximate surface area is 100 Å². The van der Waals surface area contributed by atoms with Crippen LogP contribution in [0, 0.1) is 0 Å². The summed E-state index contributed by atoms with van der Waals surface area (Å²) in [6.07, 6.45) is -2.49. The third kappa shape index (κ3) is 5.33. The highest BCUT2D eigenvalue weighted by Crippen LogP contribution is 2.00. The van der Waals surface area contributed by atoms with Crippen LogP contribution in [0.5, 0.6) is 0 Å². The smallest absolute Gasteiger partial charge is 0.407 e. The minimum Gasteiger partial charge on any atom is -0.445 e. The van der Waals surface area contributed by atoms with Gasteiger partial charge in [-0.3, -0.25) is 0 Å². The Morgan fingerprint density at radius 3 is 2.59 bits per heavy atom. The van der Waals surface area contributed by atoms with Crippen LogP contribution in [0.3, 0.4) is 0 Å². The van der Waals surface area contributed by atoms with Crippen LogP contribution < -0.4 is 5.32 Å². The molecule has 0 radical (unpaired) electrons. The Morgan fingerprint density at radius 2 is 2.00 bits per heavy atom. The highest BCUT2D eigenvalue weighted by atomic mass is 16.5. The Balaban J connectivity index is 2.22. The molecular weight excluding hydrogens is 222 g/mol. The van der Waals surface area contributed by atoms with Gasteiger partial charge in [0.05, 0.1) is 12.2 Å². The van der Waals surface area contributed by atoms with E-state index in [9.17, 15) is 9.90 Å². The van der Waals surface area contributed by atoms with Crippen LogP contribution in [0.1, 0.15) is 12.5 Å². The molecule has 0 aliphatic carbocycles. The molecule has 1 amide bonds. The van der Waals surface area contributed by atoms with Crippen molar-refractivity contribution >= 4 is 6.09 Å². The summed E-state index contributed by atoms with van der Waals surface area (Å²) >= 11 is 0. The minimum absolute atomic E-state index is 0.0364. The molecule has 0 aliphatic heterocycles. The first kappa shape index (κ1) is 13.5.